The molecule has 0 atom stereocenters. The molecule has 0 saturated heterocycles. The number of aryl methyl sites for hydroxylation is 1. The SMILES string of the molecule is C=C(c1ccccc1)c1ccc(O)c(C)c1. The topological polar surface area (TPSA) is 20.2 Å². The zero-order valence-electron chi connectivity index (χ0n) is 9.27. The van der Waals surface area contributed by atoms with Crippen LogP contribution in [0.25, 0.3) is 5.57 Å². The molecule has 0 heterocycles. The summed E-state index contributed by atoms with van der Waals surface area (Å²) in [5.41, 5.74) is 3.99. The number of hydrogen-bond acceptors (Lipinski definition) is 1. The van der Waals surface area contributed by atoms with Gasteiger partial charge in [0.15, 0.2) is 0 Å². The summed E-state index contributed by atoms with van der Waals surface area (Å²) in [6, 6.07) is 15.6. The van der Waals surface area contributed by atoms with E-state index in [4.69, 9.17) is 0 Å². The molecule has 0 fully saturated rings. The van der Waals surface area contributed by atoms with E-state index in [0.717, 1.165) is 22.3 Å². The molecule has 0 bridgehead atoms. The molecule has 0 aliphatic heterocycles. The summed E-state index contributed by atoms with van der Waals surface area (Å²) in [4.78, 5) is 0. The van der Waals surface area contributed by atoms with Gasteiger partial charge in [-0.3, -0.25) is 0 Å². The van der Waals surface area contributed by atoms with Crippen LogP contribution in [0, 0.1) is 6.92 Å². The molecule has 2 aromatic rings. The van der Waals surface area contributed by atoms with E-state index in [1.165, 1.54) is 0 Å². The third-order valence-corrected chi connectivity index (χ3v) is 2.67. The molecule has 1 N–H and O–H groups in total. The van der Waals surface area contributed by atoms with E-state index in [9.17, 15) is 5.11 Å². The second kappa shape index (κ2) is 4.23. The maximum absolute atomic E-state index is 9.47. The largest absolute Gasteiger partial charge is 0.508 e. The number of aromatic hydroxyl groups is 1. The molecule has 0 spiro atoms. The van der Waals surface area contributed by atoms with E-state index in [1.807, 2.05) is 49.4 Å². The van der Waals surface area contributed by atoms with Crippen LogP contribution in [0.15, 0.2) is 55.1 Å². The molecule has 0 amide bonds. The van der Waals surface area contributed by atoms with Gasteiger partial charge in [0.1, 0.15) is 5.75 Å². The normalized spacial score (nSPS) is 10.1. The molecule has 16 heavy (non-hydrogen) atoms. The van der Waals surface area contributed by atoms with Crippen LogP contribution in [0.2, 0.25) is 0 Å². The van der Waals surface area contributed by atoms with Gasteiger partial charge in [-0.05, 0) is 41.3 Å². The Morgan fingerprint density at radius 2 is 1.69 bits per heavy atom. The molecule has 1 heteroatoms. The Labute approximate surface area is 95.7 Å². The minimum absolute atomic E-state index is 0.324. The quantitative estimate of drug-likeness (QED) is 0.800. The van der Waals surface area contributed by atoms with Crippen LogP contribution < -0.4 is 0 Å². The zero-order chi connectivity index (χ0) is 11.5. The molecule has 0 aromatic heterocycles. The highest BCUT2D eigenvalue weighted by Crippen LogP contribution is 2.25. The Morgan fingerprint density at radius 3 is 2.31 bits per heavy atom. The highest BCUT2D eigenvalue weighted by molar-refractivity contribution is 5.78. The Morgan fingerprint density at radius 1 is 1.00 bits per heavy atom. The first-order valence-electron chi connectivity index (χ1n) is 5.23. The molecule has 2 rings (SSSR count). The van der Waals surface area contributed by atoms with Crippen molar-refractivity contribution < 1.29 is 5.11 Å². The summed E-state index contributed by atoms with van der Waals surface area (Å²) >= 11 is 0. The first-order valence-corrected chi connectivity index (χ1v) is 5.23. The van der Waals surface area contributed by atoms with Crippen molar-refractivity contribution in [3.63, 3.8) is 0 Å². The third-order valence-electron chi connectivity index (χ3n) is 2.67. The van der Waals surface area contributed by atoms with Gasteiger partial charge in [-0.15, -0.1) is 0 Å². The molecule has 0 radical (unpaired) electrons. The fraction of sp³-hybridized carbons (Fsp3) is 0.0667. The Hall–Kier alpha value is -2.02. The van der Waals surface area contributed by atoms with Crippen molar-refractivity contribution in [2.45, 2.75) is 6.92 Å². The second-order valence-corrected chi connectivity index (χ2v) is 3.85. The van der Waals surface area contributed by atoms with Gasteiger partial charge in [-0.1, -0.05) is 43.0 Å². The van der Waals surface area contributed by atoms with Crippen LogP contribution in [0.4, 0.5) is 0 Å². The van der Waals surface area contributed by atoms with E-state index in [0.29, 0.717) is 5.75 Å². The predicted molar refractivity (Wildman–Crippen MR) is 67.4 cm³/mol. The molecule has 0 saturated carbocycles. The van der Waals surface area contributed by atoms with Crippen LogP contribution in [0.3, 0.4) is 0 Å². The van der Waals surface area contributed by atoms with Crippen LogP contribution in [-0.2, 0) is 0 Å². The number of benzene rings is 2. The van der Waals surface area contributed by atoms with E-state index in [2.05, 4.69) is 6.58 Å². The summed E-state index contributed by atoms with van der Waals surface area (Å²) in [7, 11) is 0. The van der Waals surface area contributed by atoms with Crippen molar-refractivity contribution in [2.75, 3.05) is 0 Å². The minimum Gasteiger partial charge on any atom is -0.508 e. The van der Waals surface area contributed by atoms with Gasteiger partial charge in [0.2, 0.25) is 0 Å². The molecule has 2 aromatic carbocycles. The lowest BCUT2D eigenvalue weighted by molar-refractivity contribution is 0.471. The van der Waals surface area contributed by atoms with Gasteiger partial charge in [-0.2, -0.15) is 0 Å². The number of hydrogen-bond donors (Lipinski definition) is 1. The van der Waals surface area contributed by atoms with Crippen molar-refractivity contribution in [3.8, 4) is 5.75 Å². The van der Waals surface area contributed by atoms with Crippen molar-refractivity contribution in [1.29, 1.82) is 0 Å². The minimum atomic E-state index is 0.324. The molecule has 80 valence electrons. The first-order chi connectivity index (χ1) is 7.68. The van der Waals surface area contributed by atoms with Gasteiger partial charge in [0.25, 0.3) is 0 Å². The molecule has 0 aliphatic carbocycles. The van der Waals surface area contributed by atoms with Crippen molar-refractivity contribution >= 4 is 5.57 Å². The fourth-order valence-corrected chi connectivity index (χ4v) is 1.65. The van der Waals surface area contributed by atoms with Crippen molar-refractivity contribution in [2.24, 2.45) is 0 Å². The Kier molecular flexibility index (Phi) is 2.78. The van der Waals surface area contributed by atoms with E-state index in [1.54, 1.807) is 6.07 Å². The average Bonchev–Trinajstić information content (AvgIpc) is 2.33. The third kappa shape index (κ3) is 1.98. The lowest BCUT2D eigenvalue weighted by Gasteiger charge is -2.08. The predicted octanol–water partition coefficient (Wildman–Crippen LogP) is 3.76. The van der Waals surface area contributed by atoms with Crippen LogP contribution in [-0.4, -0.2) is 5.11 Å². The van der Waals surface area contributed by atoms with Crippen molar-refractivity contribution in [3.05, 3.63) is 71.8 Å². The van der Waals surface area contributed by atoms with Crippen molar-refractivity contribution in [1.82, 2.24) is 0 Å². The molecular weight excluding hydrogens is 196 g/mol. The Bertz CT molecular complexity index is 512. The molecular formula is C15H14O. The molecule has 0 unspecified atom stereocenters. The highest BCUT2D eigenvalue weighted by Gasteiger charge is 2.03. The smallest absolute Gasteiger partial charge is 0.118 e. The van der Waals surface area contributed by atoms with Crippen LogP contribution in [0.5, 0.6) is 5.75 Å². The van der Waals surface area contributed by atoms with Crippen LogP contribution >= 0.6 is 0 Å². The van der Waals surface area contributed by atoms with Gasteiger partial charge in [-0.25, -0.2) is 0 Å². The number of phenols is 1. The maximum Gasteiger partial charge on any atom is 0.118 e. The monoisotopic (exact) mass is 210 g/mol. The first kappa shape index (κ1) is 10.5. The van der Waals surface area contributed by atoms with E-state index in [-0.39, 0.29) is 0 Å². The Balaban J connectivity index is 2.39. The summed E-state index contributed by atoms with van der Waals surface area (Å²) in [5.74, 6) is 0.324. The molecule has 0 aliphatic rings. The lowest BCUT2D eigenvalue weighted by atomic mass is 9.98. The average molecular weight is 210 g/mol. The van der Waals surface area contributed by atoms with Gasteiger partial charge in [0, 0.05) is 0 Å². The fourth-order valence-electron chi connectivity index (χ4n) is 1.65. The maximum atomic E-state index is 9.47. The highest BCUT2D eigenvalue weighted by atomic mass is 16.3. The van der Waals surface area contributed by atoms with Gasteiger partial charge < -0.3 is 5.11 Å². The standard InChI is InChI=1S/C15H14O/c1-11-10-14(8-9-15(11)16)12(2)13-6-4-3-5-7-13/h3-10,16H,2H2,1H3. The van der Waals surface area contributed by atoms with E-state index < -0.39 is 0 Å². The van der Waals surface area contributed by atoms with E-state index >= 15 is 0 Å². The zero-order valence-corrected chi connectivity index (χ0v) is 9.27. The summed E-state index contributed by atoms with van der Waals surface area (Å²) in [6.07, 6.45) is 0. The summed E-state index contributed by atoms with van der Waals surface area (Å²) in [5, 5.41) is 9.47. The number of rotatable bonds is 2. The van der Waals surface area contributed by atoms with Gasteiger partial charge in [0.05, 0.1) is 0 Å². The summed E-state index contributed by atoms with van der Waals surface area (Å²) < 4.78 is 0. The second-order valence-electron chi connectivity index (χ2n) is 3.85. The number of phenolic OH excluding ortho intramolecular Hbond substituents is 1. The van der Waals surface area contributed by atoms with Gasteiger partial charge >= 0.3 is 0 Å². The molecule has 1 nitrogen and oxygen atoms in total. The van der Waals surface area contributed by atoms with Crippen LogP contribution in [0.1, 0.15) is 16.7 Å². The lowest BCUT2D eigenvalue weighted by Crippen LogP contribution is -1.87. The summed E-state index contributed by atoms with van der Waals surface area (Å²) in [6.45, 7) is 5.97.